The molecule has 0 bridgehead atoms. The second kappa shape index (κ2) is 14.3. The standard InChI is InChI=1S/C50H76N2O4/c1-8-32-26-34-28-36(12-16-48(34,4)39-13-17-49(5)37(45(32)39)9-10-43(49)52-20-23-54-24-21-52)56-35-11-15-47(3)33(27-35)25-31(2)44-38(47)14-18-50(6)40(44)29-42(53-7)46(50)41-30-55-22-19-51-41/h10,25-26,31-32,35-41,44-45,51H,8-9,11-24,27-30H2,1-7H3/t31?,32-,35?,36-,37?,38+,39?,40+,41?,44-,45?,47+,48+,49+,50+/m1/s1. The van der Waals surface area contributed by atoms with Crippen LogP contribution in [-0.2, 0) is 18.9 Å². The molecule has 8 aliphatic carbocycles. The van der Waals surface area contributed by atoms with Crippen molar-refractivity contribution in [2.45, 2.75) is 143 Å². The molecule has 2 aliphatic heterocycles. The third kappa shape index (κ3) is 5.73. The molecule has 0 spiro atoms. The van der Waals surface area contributed by atoms with E-state index in [0.717, 1.165) is 82.6 Å². The summed E-state index contributed by atoms with van der Waals surface area (Å²) in [4.78, 5) is 2.70. The second-order valence-electron chi connectivity index (χ2n) is 21.8. The van der Waals surface area contributed by atoms with Crippen molar-refractivity contribution in [3.63, 3.8) is 0 Å². The lowest BCUT2D eigenvalue weighted by molar-refractivity contribution is -0.0949. The van der Waals surface area contributed by atoms with Gasteiger partial charge in [0.1, 0.15) is 0 Å². The molecule has 4 saturated carbocycles. The van der Waals surface area contributed by atoms with Gasteiger partial charge < -0.3 is 29.2 Å². The van der Waals surface area contributed by atoms with Crippen molar-refractivity contribution in [3.8, 4) is 0 Å². The van der Waals surface area contributed by atoms with E-state index in [0.29, 0.717) is 58.2 Å². The lowest BCUT2D eigenvalue weighted by atomic mass is 9.45. The minimum atomic E-state index is 0.193. The van der Waals surface area contributed by atoms with Gasteiger partial charge in [-0.05, 0) is 146 Å². The van der Waals surface area contributed by atoms with Crippen molar-refractivity contribution in [2.75, 3.05) is 53.2 Å². The fourth-order valence-electron chi connectivity index (χ4n) is 16.7. The topological polar surface area (TPSA) is 52.2 Å². The summed E-state index contributed by atoms with van der Waals surface area (Å²) < 4.78 is 25.3. The van der Waals surface area contributed by atoms with Gasteiger partial charge in [-0.3, -0.25) is 0 Å². The molecule has 6 heteroatoms. The molecule has 10 aliphatic rings. The lowest BCUT2D eigenvalue weighted by Gasteiger charge is -2.61. The van der Waals surface area contributed by atoms with Crippen LogP contribution in [0, 0.1) is 69.0 Å². The highest BCUT2D eigenvalue weighted by Gasteiger charge is 2.62. The van der Waals surface area contributed by atoms with Crippen molar-refractivity contribution in [3.05, 3.63) is 46.4 Å². The van der Waals surface area contributed by atoms with Gasteiger partial charge in [0.2, 0.25) is 0 Å². The van der Waals surface area contributed by atoms with E-state index in [2.05, 4.69) is 70.0 Å². The van der Waals surface area contributed by atoms with Gasteiger partial charge in [-0.1, -0.05) is 70.9 Å². The fraction of sp³-hybridized carbons (Fsp3) is 0.840. The number of allylic oxidation sites excluding steroid dienone is 5. The van der Waals surface area contributed by atoms with Crippen LogP contribution in [0.15, 0.2) is 46.4 Å². The van der Waals surface area contributed by atoms with E-state index in [1.807, 2.05) is 7.11 Å². The second-order valence-corrected chi connectivity index (χ2v) is 21.8. The summed E-state index contributed by atoms with van der Waals surface area (Å²) >= 11 is 0. The van der Waals surface area contributed by atoms with Crippen molar-refractivity contribution in [2.24, 2.45) is 69.0 Å². The zero-order valence-corrected chi connectivity index (χ0v) is 36.3. The largest absolute Gasteiger partial charge is 0.501 e. The zero-order chi connectivity index (χ0) is 38.6. The predicted octanol–water partition coefficient (Wildman–Crippen LogP) is 9.87. The first-order valence-electron chi connectivity index (χ1n) is 23.7. The van der Waals surface area contributed by atoms with Crippen LogP contribution >= 0.6 is 0 Å². The number of hydrogen-bond donors (Lipinski definition) is 1. The van der Waals surface area contributed by atoms with Gasteiger partial charge in [-0.25, -0.2) is 0 Å². The van der Waals surface area contributed by atoms with E-state index in [-0.39, 0.29) is 5.41 Å². The van der Waals surface area contributed by atoms with Gasteiger partial charge in [0.25, 0.3) is 0 Å². The summed E-state index contributed by atoms with van der Waals surface area (Å²) in [6, 6.07) is 0.298. The Hall–Kier alpha value is -1.60. The van der Waals surface area contributed by atoms with Gasteiger partial charge in [0, 0.05) is 37.2 Å². The van der Waals surface area contributed by atoms with Crippen LogP contribution in [0.2, 0.25) is 0 Å². The smallest absolute Gasteiger partial charge is 0.0972 e. The highest BCUT2D eigenvalue weighted by molar-refractivity contribution is 5.37. The van der Waals surface area contributed by atoms with Crippen LogP contribution < -0.4 is 5.32 Å². The third-order valence-corrected chi connectivity index (χ3v) is 19.6. The zero-order valence-electron chi connectivity index (χ0n) is 36.3. The first-order valence-corrected chi connectivity index (χ1v) is 23.7. The number of ether oxygens (including phenoxy) is 4. The Morgan fingerprint density at radius 3 is 2.07 bits per heavy atom. The number of fused-ring (bicyclic) bond motifs is 10. The summed E-state index contributed by atoms with van der Waals surface area (Å²) in [5, 5.41) is 3.81. The van der Waals surface area contributed by atoms with Crippen molar-refractivity contribution >= 4 is 0 Å². The summed E-state index contributed by atoms with van der Waals surface area (Å²) in [6.45, 7) is 22.1. The molecule has 6 fully saturated rings. The maximum Gasteiger partial charge on any atom is 0.0972 e. The average molecular weight is 769 g/mol. The van der Waals surface area contributed by atoms with Crippen LogP contribution in [0.25, 0.3) is 0 Å². The van der Waals surface area contributed by atoms with E-state index in [4.69, 9.17) is 18.9 Å². The van der Waals surface area contributed by atoms with E-state index in [1.165, 1.54) is 76.4 Å². The first-order chi connectivity index (χ1) is 27.0. The number of morpholine rings is 2. The maximum absolute atomic E-state index is 7.31. The average Bonchev–Trinajstić information content (AvgIpc) is 3.72. The van der Waals surface area contributed by atoms with E-state index >= 15 is 0 Å². The number of rotatable bonds is 6. The predicted molar refractivity (Wildman–Crippen MR) is 224 cm³/mol. The SMILES string of the molecule is CC[C@@H]1C=C2C[C@H](OC3CC[C@@]4(C)C(=CC(C)[C@@H]5[C@@H]4CC[C@]4(C)C(C6COCCN6)=C(OC)C[C@@H]54)C3)CC[C@]2(C)C2CC[C@]3(C)C(N4CCOCC4)=CCC3C21. The molecule has 6 nitrogen and oxygen atoms in total. The highest BCUT2D eigenvalue weighted by Crippen LogP contribution is 2.69. The number of hydrogen-bond acceptors (Lipinski definition) is 6. The number of methoxy groups -OCH3 is 1. The van der Waals surface area contributed by atoms with E-state index < -0.39 is 0 Å². The minimum Gasteiger partial charge on any atom is -0.501 e. The molecule has 15 atom stereocenters. The van der Waals surface area contributed by atoms with Crippen molar-refractivity contribution in [1.82, 2.24) is 10.2 Å². The van der Waals surface area contributed by atoms with Crippen LogP contribution in [0.5, 0.6) is 0 Å². The number of nitrogens with one attached hydrogen (secondary N) is 1. The Labute approximate surface area is 340 Å². The molecule has 310 valence electrons. The van der Waals surface area contributed by atoms with Gasteiger partial charge in [0.05, 0.1) is 57.5 Å². The van der Waals surface area contributed by atoms with Gasteiger partial charge in [0.15, 0.2) is 0 Å². The quantitative estimate of drug-likeness (QED) is 0.272. The molecule has 0 aromatic rings. The fourth-order valence-corrected chi connectivity index (χ4v) is 16.7. The molecule has 1 N–H and O–H groups in total. The molecule has 6 unspecified atom stereocenters. The molecule has 10 rings (SSSR count). The maximum atomic E-state index is 7.31. The van der Waals surface area contributed by atoms with Crippen LogP contribution in [0.3, 0.4) is 0 Å². The van der Waals surface area contributed by atoms with Crippen molar-refractivity contribution in [1.29, 1.82) is 0 Å². The summed E-state index contributed by atoms with van der Waals surface area (Å²) in [6.07, 6.45) is 25.4. The number of nitrogens with zero attached hydrogens (tertiary/aromatic N) is 1. The monoisotopic (exact) mass is 769 g/mol. The van der Waals surface area contributed by atoms with Gasteiger partial charge >= 0.3 is 0 Å². The molecule has 0 radical (unpaired) electrons. The normalized spacial score (nSPS) is 50.0. The Kier molecular flexibility index (Phi) is 9.83. The van der Waals surface area contributed by atoms with Crippen molar-refractivity contribution < 1.29 is 18.9 Å². The van der Waals surface area contributed by atoms with E-state index in [1.54, 1.807) is 22.4 Å². The lowest BCUT2D eigenvalue weighted by Crippen LogP contribution is -2.55. The summed E-state index contributed by atoms with van der Waals surface area (Å²) in [5.41, 5.74) is 7.90. The summed E-state index contributed by atoms with van der Waals surface area (Å²) in [7, 11) is 1.92. The minimum absolute atomic E-state index is 0.193. The van der Waals surface area contributed by atoms with Crippen LogP contribution in [-0.4, -0.2) is 76.3 Å². The molecule has 2 heterocycles. The Bertz CT molecular complexity index is 1650. The van der Waals surface area contributed by atoms with Crippen LogP contribution in [0.1, 0.15) is 125 Å². The highest BCUT2D eigenvalue weighted by atomic mass is 16.5. The molecule has 2 saturated heterocycles. The van der Waals surface area contributed by atoms with E-state index in [9.17, 15) is 0 Å². The Morgan fingerprint density at radius 2 is 1.41 bits per heavy atom. The molecular weight excluding hydrogens is 693 g/mol. The summed E-state index contributed by atoms with van der Waals surface area (Å²) in [5.74, 6) is 7.08. The molecular formula is C50H76N2O4. The third-order valence-electron chi connectivity index (χ3n) is 19.6. The first kappa shape index (κ1) is 38.6. The molecule has 56 heavy (non-hydrogen) atoms. The van der Waals surface area contributed by atoms with Gasteiger partial charge in [-0.2, -0.15) is 0 Å². The Balaban J connectivity index is 0.828. The molecule has 0 aromatic carbocycles. The molecule has 0 amide bonds. The van der Waals surface area contributed by atoms with Gasteiger partial charge in [-0.15, -0.1) is 0 Å². The van der Waals surface area contributed by atoms with Crippen LogP contribution in [0.4, 0.5) is 0 Å². The Morgan fingerprint density at radius 1 is 0.750 bits per heavy atom. The molecule has 0 aromatic heterocycles.